The van der Waals surface area contributed by atoms with Gasteiger partial charge in [0, 0.05) is 0 Å². The molecule has 0 saturated heterocycles. The van der Waals surface area contributed by atoms with Gasteiger partial charge in [-0.1, -0.05) is 13.8 Å². The number of rotatable bonds is 16. The van der Waals surface area contributed by atoms with Crippen molar-refractivity contribution in [2.24, 2.45) is 0 Å². The molecule has 0 radical (unpaired) electrons. The SMILES string of the molecule is CCC1(OC(=O)COc2cc(I)c(Oc3ccc([I+]c4ccc(Oc5cc(I)c(OCC(=O)OC6(CC)CCCC6)cc5I)cc4)cc3)cc2I)CCCC1. The Hall–Kier alpha value is -1.33. The number of esters is 2. The molecule has 55 heavy (non-hydrogen) atoms. The number of carbonyl (C=O) groups is 2. The van der Waals surface area contributed by atoms with Gasteiger partial charge in [0.25, 0.3) is 0 Å². The standard InChI is InChI=1S/C42H42I5O8/c1-3-41(17-5-6-18-41)54-39(48)25-50-35-21-33(45)37(23-31(35)43)52-29-13-9-27(10-14-29)47-28-11-15-30(16-12-28)53-38-24-32(44)36(22-34(38)46)51-26-40(49)55-42(4-2)19-7-8-20-42/h9-16,21-24H,3-8,17-20,25-26H2,1-2H3/q+1. The molecule has 2 saturated carbocycles. The van der Waals surface area contributed by atoms with Crippen molar-refractivity contribution in [3.63, 3.8) is 0 Å². The third kappa shape index (κ3) is 11.9. The lowest BCUT2D eigenvalue weighted by Gasteiger charge is -2.27. The van der Waals surface area contributed by atoms with E-state index in [2.05, 4.69) is 128 Å². The molecule has 0 amide bonds. The van der Waals surface area contributed by atoms with Crippen LogP contribution in [0.15, 0.2) is 72.8 Å². The number of hydrogen-bond donors (Lipinski definition) is 0. The molecule has 0 atom stereocenters. The van der Waals surface area contributed by atoms with Gasteiger partial charge in [0.1, 0.15) is 45.7 Å². The summed E-state index contributed by atoms with van der Waals surface area (Å²) in [4.78, 5) is 25.2. The maximum Gasteiger partial charge on any atom is 0.357 e. The van der Waals surface area contributed by atoms with E-state index in [-0.39, 0.29) is 36.4 Å². The Morgan fingerprint density at radius 2 is 0.873 bits per heavy atom. The normalized spacial score (nSPS) is 15.7. The number of benzene rings is 4. The van der Waals surface area contributed by atoms with Gasteiger partial charge in [0.2, 0.25) is 0 Å². The minimum atomic E-state index is -0.415. The van der Waals surface area contributed by atoms with Gasteiger partial charge in [-0.15, -0.1) is 0 Å². The molecule has 0 bridgehead atoms. The van der Waals surface area contributed by atoms with Crippen molar-refractivity contribution in [2.75, 3.05) is 13.2 Å². The molecule has 0 aromatic heterocycles. The maximum absolute atomic E-state index is 12.6. The number of ether oxygens (including phenoxy) is 6. The van der Waals surface area contributed by atoms with Crippen molar-refractivity contribution < 1.29 is 59.2 Å². The van der Waals surface area contributed by atoms with Gasteiger partial charge in [0.05, 0.1) is 14.3 Å². The third-order valence-corrected chi connectivity index (χ3v) is 16.0. The zero-order valence-electron chi connectivity index (χ0n) is 30.6. The Balaban J connectivity index is 0.980. The van der Waals surface area contributed by atoms with Crippen LogP contribution in [-0.4, -0.2) is 36.4 Å². The molecule has 2 aliphatic carbocycles. The largest absolute Gasteiger partial charge is 0.481 e. The molecular formula is C42H42I5O8+. The molecule has 0 unspecified atom stereocenters. The molecule has 0 aliphatic heterocycles. The van der Waals surface area contributed by atoms with Crippen LogP contribution >= 0.6 is 90.4 Å². The fraction of sp³-hybridized carbons (Fsp3) is 0.381. The van der Waals surface area contributed by atoms with E-state index < -0.39 is 21.2 Å². The summed E-state index contributed by atoms with van der Waals surface area (Å²) in [6.07, 6.45) is 9.80. The minimum absolute atomic E-state index is 0.113. The van der Waals surface area contributed by atoms with Crippen LogP contribution in [0.4, 0.5) is 0 Å². The van der Waals surface area contributed by atoms with E-state index in [1.807, 2.05) is 48.5 Å². The Morgan fingerprint density at radius 3 is 1.22 bits per heavy atom. The fourth-order valence-corrected chi connectivity index (χ4v) is 11.3. The molecule has 4 aromatic carbocycles. The van der Waals surface area contributed by atoms with Crippen LogP contribution < -0.4 is 40.2 Å². The predicted molar refractivity (Wildman–Crippen MR) is 240 cm³/mol. The van der Waals surface area contributed by atoms with E-state index in [0.29, 0.717) is 11.5 Å². The monoisotopic (exact) mass is 1310 g/mol. The highest BCUT2D eigenvalue weighted by Crippen LogP contribution is 2.39. The predicted octanol–water partition coefficient (Wildman–Crippen LogP) is 9.11. The highest BCUT2D eigenvalue weighted by Gasteiger charge is 2.37. The molecule has 13 heteroatoms. The van der Waals surface area contributed by atoms with Gasteiger partial charge in [-0.3, -0.25) is 0 Å². The van der Waals surface area contributed by atoms with E-state index in [4.69, 9.17) is 28.4 Å². The van der Waals surface area contributed by atoms with Crippen LogP contribution in [-0.2, 0) is 19.1 Å². The minimum Gasteiger partial charge on any atom is -0.481 e. The second kappa shape index (κ2) is 20.1. The molecular weight excluding hydrogens is 1270 g/mol. The zero-order valence-corrected chi connectivity index (χ0v) is 41.4. The Bertz CT molecular complexity index is 1820. The van der Waals surface area contributed by atoms with Crippen LogP contribution in [0, 0.1) is 21.4 Å². The summed E-state index contributed by atoms with van der Waals surface area (Å²) in [5.74, 6) is 3.58. The van der Waals surface area contributed by atoms with Crippen molar-refractivity contribution >= 4 is 102 Å². The van der Waals surface area contributed by atoms with E-state index in [9.17, 15) is 9.59 Å². The summed E-state index contributed by atoms with van der Waals surface area (Å²) in [6.45, 7) is 3.93. The number of halogens is 5. The van der Waals surface area contributed by atoms with E-state index >= 15 is 0 Å². The van der Waals surface area contributed by atoms with Crippen LogP contribution in [0.5, 0.6) is 34.5 Å². The van der Waals surface area contributed by atoms with Crippen molar-refractivity contribution in [3.8, 4) is 34.5 Å². The first kappa shape index (κ1) is 43.3. The Morgan fingerprint density at radius 1 is 0.545 bits per heavy atom. The average molecular weight is 1310 g/mol. The average Bonchev–Trinajstić information content (AvgIpc) is 3.85. The topological polar surface area (TPSA) is 89.5 Å². The molecule has 6 rings (SSSR count). The van der Waals surface area contributed by atoms with Crippen molar-refractivity contribution in [1.82, 2.24) is 0 Å². The lowest BCUT2D eigenvalue weighted by molar-refractivity contribution is -0.597. The van der Waals surface area contributed by atoms with Gasteiger partial charge in [-0.2, -0.15) is 0 Å². The second-order valence-corrected chi connectivity index (χ2v) is 21.3. The highest BCUT2D eigenvalue weighted by atomic mass is 127. The Labute approximate surface area is 388 Å². The summed E-state index contributed by atoms with van der Waals surface area (Å²) in [7, 11) is 0. The summed E-state index contributed by atoms with van der Waals surface area (Å²) in [5, 5.41) is 0. The molecule has 0 N–H and O–H groups in total. The third-order valence-electron chi connectivity index (χ3n) is 9.94. The molecule has 0 spiro atoms. The summed E-state index contributed by atoms with van der Waals surface area (Å²) in [6, 6.07) is 24.1. The lowest BCUT2D eigenvalue weighted by atomic mass is 9.99. The van der Waals surface area contributed by atoms with E-state index in [1.165, 1.54) is 7.14 Å². The van der Waals surface area contributed by atoms with E-state index in [0.717, 1.165) is 101 Å². The quantitative estimate of drug-likeness (QED) is 0.0812. The highest BCUT2D eigenvalue weighted by molar-refractivity contribution is 14.1. The Kier molecular flexibility index (Phi) is 15.8. The van der Waals surface area contributed by atoms with Gasteiger partial charge in [-0.25, -0.2) is 9.59 Å². The fourth-order valence-electron chi connectivity index (χ4n) is 6.82. The maximum atomic E-state index is 12.6. The first-order valence-electron chi connectivity index (χ1n) is 18.4. The van der Waals surface area contributed by atoms with E-state index in [1.54, 1.807) is 0 Å². The number of hydrogen-bond acceptors (Lipinski definition) is 8. The van der Waals surface area contributed by atoms with Crippen LogP contribution in [0.1, 0.15) is 78.1 Å². The molecule has 292 valence electrons. The second-order valence-electron chi connectivity index (χ2n) is 13.6. The molecule has 4 aromatic rings. The van der Waals surface area contributed by atoms with Gasteiger partial charge < -0.3 is 28.4 Å². The number of carbonyl (C=O) groups excluding carboxylic acids is 2. The van der Waals surface area contributed by atoms with Crippen molar-refractivity contribution in [3.05, 3.63) is 94.2 Å². The van der Waals surface area contributed by atoms with Crippen molar-refractivity contribution in [2.45, 2.75) is 89.3 Å². The molecule has 0 heterocycles. The van der Waals surface area contributed by atoms with Crippen molar-refractivity contribution in [1.29, 1.82) is 0 Å². The van der Waals surface area contributed by atoms with Gasteiger partial charge >= 0.3 is 33.1 Å². The van der Waals surface area contributed by atoms with Gasteiger partial charge in [-0.05, 0) is 227 Å². The first-order valence-corrected chi connectivity index (χ1v) is 24.8. The summed E-state index contributed by atoms with van der Waals surface area (Å²) < 4.78 is 42.0. The smallest absolute Gasteiger partial charge is 0.357 e. The molecule has 2 fully saturated rings. The van der Waals surface area contributed by atoms with Gasteiger partial charge in [0.15, 0.2) is 20.4 Å². The summed E-state index contributed by atoms with van der Waals surface area (Å²) >= 11 is 8.47. The van der Waals surface area contributed by atoms with Crippen LogP contribution in [0.2, 0.25) is 0 Å². The van der Waals surface area contributed by atoms with Crippen LogP contribution in [0.3, 0.4) is 0 Å². The zero-order chi connectivity index (χ0) is 39.0. The molecule has 2 aliphatic rings. The summed E-state index contributed by atoms with van der Waals surface area (Å²) in [5.41, 5.74) is -0.649. The lowest BCUT2D eigenvalue weighted by Crippen LogP contribution is -3.61. The molecule has 8 nitrogen and oxygen atoms in total. The first-order chi connectivity index (χ1) is 26.5. The van der Waals surface area contributed by atoms with Crippen LogP contribution in [0.25, 0.3) is 0 Å².